The van der Waals surface area contributed by atoms with E-state index < -0.39 is 5.95 Å². The molecule has 1 aliphatic heterocycles. The van der Waals surface area contributed by atoms with Gasteiger partial charge < -0.3 is 9.30 Å². The fraction of sp³-hybridized carbons (Fsp3) is 0.393. The number of carbonyl (C=O) groups is 1. The number of pyridine rings is 1. The van der Waals surface area contributed by atoms with E-state index in [0.717, 1.165) is 24.8 Å². The number of imidazole rings is 1. The van der Waals surface area contributed by atoms with Crippen LogP contribution in [0.5, 0.6) is 5.88 Å². The molecule has 3 aromatic rings. The van der Waals surface area contributed by atoms with Gasteiger partial charge in [0.15, 0.2) is 5.82 Å². The number of benzene rings is 1. The molecule has 0 saturated heterocycles. The number of carbonyl (C=O) groups excluding carboxylic acids is 1. The molecule has 0 bridgehead atoms. The standard InChI is InChI=1S/C28H31F2N5O2/c1-5-14-33-18(4)24-26(35(17(2)3)28(33)36)32-25(34(24)15-19-8-10-21(29)11-9-19)22-12-13-23(30)31-27(22)37-16-20-6-7-20/h8-13,17,20H,4-7,14-16H2,1-3H3. The summed E-state index contributed by atoms with van der Waals surface area (Å²) in [5.41, 5.74) is 2.57. The molecule has 0 radical (unpaired) electrons. The minimum Gasteiger partial charge on any atom is -0.477 e. The van der Waals surface area contributed by atoms with Crippen molar-refractivity contribution < 1.29 is 18.3 Å². The molecule has 2 aromatic heterocycles. The zero-order chi connectivity index (χ0) is 26.3. The van der Waals surface area contributed by atoms with Crippen LogP contribution in [-0.2, 0) is 6.54 Å². The van der Waals surface area contributed by atoms with Gasteiger partial charge in [0.2, 0.25) is 11.8 Å². The molecule has 1 aromatic carbocycles. The normalized spacial score (nSPS) is 15.5. The molecule has 3 heterocycles. The summed E-state index contributed by atoms with van der Waals surface area (Å²) in [6.07, 6.45) is 2.92. The van der Waals surface area contributed by atoms with E-state index in [9.17, 15) is 13.6 Å². The fourth-order valence-electron chi connectivity index (χ4n) is 4.59. The predicted octanol–water partition coefficient (Wildman–Crippen LogP) is 6.09. The van der Waals surface area contributed by atoms with Crippen LogP contribution in [0.15, 0.2) is 43.0 Å². The van der Waals surface area contributed by atoms with Gasteiger partial charge in [0.05, 0.1) is 17.9 Å². The molecule has 2 aliphatic rings. The number of rotatable bonds is 9. The molecule has 9 heteroatoms. The van der Waals surface area contributed by atoms with Crippen LogP contribution in [0.3, 0.4) is 0 Å². The largest absolute Gasteiger partial charge is 0.477 e. The molecule has 37 heavy (non-hydrogen) atoms. The smallest absolute Gasteiger partial charge is 0.330 e. The zero-order valence-electron chi connectivity index (χ0n) is 21.4. The zero-order valence-corrected chi connectivity index (χ0v) is 21.4. The van der Waals surface area contributed by atoms with Crippen LogP contribution >= 0.6 is 0 Å². The lowest BCUT2D eigenvalue weighted by molar-refractivity contribution is 0.221. The molecule has 0 atom stereocenters. The average Bonchev–Trinajstić information content (AvgIpc) is 3.62. The van der Waals surface area contributed by atoms with Crippen LogP contribution in [0.25, 0.3) is 17.1 Å². The Bertz CT molecular complexity index is 1330. The number of fused-ring (bicyclic) bond motifs is 1. The number of urea groups is 1. The number of halogens is 2. The first-order valence-electron chi connectivity index (χ1n) is 12.7. The van der Waals surface area contributed by atoms with Crippen LogP contribution in [0.4, 0.5) is 19.4 Å². The molecule has 7 nitrogen and oxygen atoms in total. The molecule has 0 N–H and O–H groups in total. The summed E-state index contributed by atoms with van der Waals surface area (Å²) in [6, 6.07) is 8.76. The molecule has 194 valence electrons. The third-order valence-corrected chi connectivity index (χ3v) is 6.65. The highest BCUT2D eigenvalue weighted by atomic mass is 19.1. The third-order valence-electron chi connectivity index (χ3n) is 6.65. The first-order chi connectivity index (χ1) is 17.8. The number of nitrogens with zero attached hydrogens (tertiary/aromatic N) is 5. The summed E-state index contributed by atoms with van der Waals surface area (Å²) >= 11 is 0. The van der Waals surface area contributed by atoms with Gasteiger partial charge in [0.25, 0.3) is 0 Å². The maximum absolute atomic E-state index is 14.2. The van der Waals surface area contributed by atoms with E-state index in [1.165, 1.54) is 18.2 Å². The van der Waals surface area contributed by atoms with E-state index in [1.807, 2.05) is 25.3 Å². The average molecular weight is 508 g/mol. The molecule has 1 fully saturated rings. The first-order valence-corrected chi connectivity index (χ1v) is 12.7. The summed E-state index contributed by atoms with van der Waals surface area (Å²) < 4.78 is 35.8. The molecule has 1 aliphatic carbocycles. The van der Waals surface area contributed by atoms with Crippen molar-refractivity contribution in [3.8, 4) is 17.3 Å². The molecule has 1 saturated carbocycles. The van der Waals surface area contributed by atoms with Crippen molar-refractivity contribution in [3.05, 3.63) is 66.0 Å². The van der Waals surface area contributed by atoms with Crippen molar-refractivity contribution in [1.82, 2.24) is 19.4 Å². The van der Waals surface area contributed by atoms with Gasteiger partial charge in [-0.15, -0.1) is 0 Å². The van der Waals surface area contributed by atoms with Gasteiger partial charge in [-0.1, -0.05) is 25.6 Å². The molecule has 0 spiro atoms. The maximum Gasteiger partial charge on any atom is 0.330 e. The monoisotopic (exact) mass is 507 g/mol. The summed E-state index contributed by atoms with van der Waals surface area (Å²) in [7, 11) is 0. The number of aromatic nitrogens is 3. The summed E-state index contributed by atoms with van der Waals surface area (Å²) in [4.78, 5) is 25.8. The van der Waals surface area contributed by atoms with E-state index in [4.69, 9.17) is 9.72 Å². The highest BCUT2D eigenvalue weighted by Gasteiger charge is 2.39. The molecular formula is C28H31F2N5O2. The second kappa shape index (κ2) is 9.95. The second-order valence-electron chi connectivity index (χ2n) is 9.91. The van der Waals surface area contributed by atoms with E-state index in [0.29, 0.717) is 54.2 Å². The predicted molar refractivity (Wildman–Crippen MR) is 138 cm³/mol. The molecule has 2 amide bonds. The summed E-state index contributed by atoms with van der Waals surface area (Å²) in [5, 5.41) is 0. The fourth-order valence-corrected chi connectivity index (χ4v) is 4.59. The lowest BCUT2D eigenvalue weighted by Gasteiger charge is -2.38. The van der Waals surface area contributed by atoms with Gasteiger partial charge in [0.1, 0.15) is 17.3 Å². The van der Waals surface area contributed by atoms with Crippen LogP contribution in [-0.4, -0.2) is 44.7 Å². The topological polar surface area (TPSA) is 63.5 Å². The van der Waals surface area contributed by atoms with E-state index in [-0.39, 0.29) is 23.8 Å². The highest BCUT2D eigenvalue weighted by molar-refractivity contribution is 6.03. The van der Waals surface area contributed by atoms with E-state index >= 15 is 0 Å². The summed E-state index contributed by atoms with van der Waals surface area (Å²) in [6.45, 7) is 11.4. The van der Waals surface area contributed by atoms with Crippen molar-refractivity contribution in [2.75, 3.05) is 18.1 Å². The Morgan fingerprint density at radius 3 is 2.49 bits per heavy atom. The molecular weight excluding hydrogens is 476 g/mol. The Balaban J connectivity index is 1.71. The van der Waals surface area contributed by atoms with Crippen molar-refractivity contribution in [1.29, 1.82) is 0 Å². The van der Waals surface area contributed by atoms with Crippen LogP contribution < -0.4 is 9.64 Å². The Kier molecular flexibility index (Phi) is 6.70. The Labute approximate surface area is 215 Å². The first kappa shape index (κ1) is 24.9. The van der Waals surface area contributed by atoms with Gasteiger partial charge in [-0.05, 0) is 68.9 Å². The van der Waals surface area contributed by atoms with Crippen molar-refractivity contribution in [2.24, 2.45) is 5.92 Å². The van der Waals surface area contributed by atoms with Crippen LogP contribution in [0.1, 0.15) is 51.3 Å². The number of ether oxygens (including phenoxy) is 1. The SMILES string of the molecule is C=C1c2c(nc(-c3ccc(F)nc3OCC3CC3)n2Cc2ccc(F)cc2)N(C(C)C)C(=O)N1CCC. The Morgan fingerprint density at radius 1 is 1.11 bits per heavy atom. The van der Waals surface area contributed by atoms with Crippen molar-refractivity contribution in [2.45, 2.75) is 52.6 Å². The van der Waals surface area contributed by atoms with Gasteiger partial charge in [-0.2, -0.15) is 9.37 Å². The van der Waals surface area contributed by atoms with Crippen LogP contribution in [0.2, 0.25) is 0 Å². The Hall–Kier alpha value is -3.75. The number of hydrogen-bond donors (Lipinski definition) is 0. The third kappa shape index (κ3) is 4.82. The van der Waals surface area contributed by atoms with Crippen molar-refractivity contribution in [3.63, 3.8) is 0 Å². The Morgan fingerprint density at radius 2 is 1.84 bits per heavy atom. The van der Waals surface area contributed by atoms with Crippen LogP contribution in [0, 0.1) is 17.7 Å². The molecule has 5 rings (SSSR count). The quantitative estimate of drug-likeness (QED) is 0.329. The maximum atomic E-state index is 14.2. The van der Waals surface area contributed by atoms with Gasteiger partial charge >= 0.3 is 6.03 Å². The van der Waals surface area contributed by atoms with Gasteiger partial charge in [-0.25, -0.2) is 14.2 Å². The lowest BCUT2D eigenvalue weighted by Crippen LogP contribution is -2.50. The molecule has 0 unspecified atom stereocenters. The van der Waals surface area contributed by atoms with Crippen molar-refractivity contribution >= 4 is 17.5 Å². The number of hydrogen-bond acceptors (Lipinski definition) is 4. The minimum atomic E-state index is -0.645. The summed E-state index contributed by atoms with van der Waals surface area (Å²) in [5.74, 6) is 0.589. The van der Waals surface area contributed by atoms with Gasteiger partial charge in [-0.3, -0.25) is 9.80 Å². The van der Waals surface area contributed by atoms with E-state index in [2.05, 4.69) is 11.6 Å². The lowest BCUT2D eigenvalue weighted by atomic mass is 10.1. The number of amides is 2. The van der Waals surface area contributed by atoms with E-state index in [1.54, 1.807) is 28.0 Å². The number of anilines is 1. The highest BCUT2D eigenvalue weighted by Crippen LogP contribution is 2.41. The van der Waals surface area contributed by atoms with Gasteiger partial charge in [0, 0.05) is 19.1 Å². The second-order valence-corrected chi connectivity index (χ2v) is 9.91. The minimum absolute atomic E-state index is 0.160.